The number of carbonyl (C=O) groups is 2. The maximum absolute atomic E-state index is 13.3. The van der Waals surface area contributed by atoms with Gasteiger partial charge in [0, 0.05) is 21.3 Å². The summed E-state index contributed by atoms with van der Waals surface area (Å²) in [5.74, 6) is -1.84. The predicted molar refractivity (Wildman–Crippen MR) is 132 cm³/mol. The Morgan fingerprint density at radius 3 is 2.32 bits per heavy atom. The van der Waals surface area contributed by atoms with Crippen LogP contribution in [0.5, 0.6) is 11.5 Å². The van der Waals surface area contributed by atoms with Crippen molar-refractivity contribution in [2.24, 2.45) is 0 Å². The molecular formula is C26H21Cl2NO5. The summed E-state index contributed by atoms with van der Waals surface area (Å²) in [5, 5.41) is 22.3. The fourth-order valence-corrected chi connectivity index (χ4v) is 4.37. The van der Waals surface area contributed by atoms with E-state index < -0.39 is 17.7 Å². The highest BCUT2D eigenvalue weighted by molar-refractivity contribution is 6.52. The fraction of sp³-hybridized carbons (Fsp3) is 0.154. The molecule has 1 fully saturated rings. The molecule has 1 atom stereocenters. The Morgan fingerprint density at radius 2 is 1.68 bits per heavy atom. The molecule has 3 aromatic carbocycles. The van der Waals surface area contributed by atoms with Crippen LogP contribution in [0.3, 0.4) is 0 Å². The van der Waals surface area contributed by atoms with E-state index >= 15 is 0 Å². The third-order valence-corrected chi connectivity index (χ3v) is 6.07. The number of halogens is 2. The Kier molecular flexibility index (Phi) is 6.55. The maximum Gasteiger partial charge on any atom is 0.300 e. The standard InChI is InChI=1S/C26H21Cl2NO5/c1-3-34-21-13-16(6-11-20(21)30)23-22(24(31)15-4-7-17(27)8-5-15)25(32)26(33)29(23)19-10-9-18(28)12-14(19)2/h4-13,23,30-31H,3H2,1-2H3/b24-22+. The highest BCUT2D eigenvalue weighted by atomic mass is 35.5. The molecule has 3 aromatic rings. The molecule has 6 nitrogen and oxygen atoms in total. The molecule has 1 heterocycles. The Hall–Kier alpha value is -3.48. The average Bonchev–Trinajstić information content (AvgIpc) is 3.06. The first-order valence-corrected chi connectivity index (χ1v) is 11.3. The summed E-state index contributed by atoms with van der Waals surface area (Å²) < 4.78 is 5.52. The summed E-state index contributed by atoms with van der Waals surface area (Å²) in [4.78, 5) is 27.9. The van der Waals surface area contributed by atoms with Gasteiger partial charge in [-0.2, -0.15) is 0 Å². The lowest BCUT2D eigenvalue weighted by atomic mass is 9.94. The van der Waals surface area contributed by atoms with E-state index in [4.69, 9.17) is 27.9 Å². The summed E-state index contributed by atoms with van der Waals surface area (Å²) in [6, 6.07) is 14.9. The lowest BCUT2D eigenvalue weighted by Gasteiger charge is -2.27. The Labute approximate surface area is 206 Å². The Balaban J connectivity index is 1.98. The molecule has 0 bridgehead atoms. The molecule has 8 heteroatoms. The van der Waals surface area contributed by atoms with Crippen LogP contribution in [0.1, 0.15) is 29.7 Å². The van der Waals surface area contributed by atoms with Gasteiger partial charge < -0.3 is 14.9 Å². The number of aromatic hydroxyl groups is 1. The Bertz CT molecular complexity index is 1320. The van der Waals surface area contributed by atoms with E-state index in [1.165, 1.54) is 11.0 Å². The quantitative estimate of drug-likeness (QED) is 0.255. The van der Waals surface area contributed by atoms with Gasteiger partial charge in [-0.15, -0.1) is 0 Å². The first-order valence-electron chi connectivity index (χ1n) is 10.5. The van der Waals surface area contributed by atoms with Crippen molar-refractivity contribution in [3.8, 4) is 11.5 Å². The minimum absolute atomic E-state index is 0.0806. The van der Waals surface area contributed by atoms with Crippen LogP contribution in [0.25, 0.3) is 5.76 Å². The second kappa shape index (κ2) is 9.41. The van der Waals surface area contributed by atoms with Crippen LogP contribution < -0.4 is 9.64 Å². The van der Waals surface area contributed by atoms with Crippen molar-refractivity contribution in [1.82, 2.24) is 0 Å². The SMILES string of the molecule is CCOc1cc(C2/C(=C(\O)c3ccc(Cl)cc3)C(=O)C(=O)N2c2ccc(Cl)cc2C)ccc1O. The minimum Gasteiger partial charge on any atom is -0.507 e. The maximum atomic E-state index is 13.3. The number of aryl methyl sites for hydroxylation is 1. The Morgan fingerprint density at radius 1 is 1.00 bits per heavy atom. The smallest absolute Gasteiger partial charge is 0.300 e. The zero-order valence-corrected chi connectivity index (χ0v) is 19.9. The molecule has 0 aliphatic carbocycles. The van der Waals surface area contributed by atoms with Crippen LogP contribution in [0, 0.1) is 6.92 Å². The number of Topliss-reactive ketones (excluding diaryl/α,β-unsaturated/α-hetero) is 1. The van der Waals surface area contributed by atoms with Crippen molar-refractivity contribution in [3.63, 3.8) is 0 Å². The molecule has 0 spiro atoms. The number of aliphatic hydroxyl groups is 1. The van der Waals surface area contributed by atoms with Gasteiger partial charge in [0.1, 0.15) is 5.76 Å². The summed E-state index contributed by atoms with van der Waals surface area (Å²) in [5.41, 5.74) is 1.87. The van der Waals surface area contributed by atoms with E-state index in [1.54, 1.807) is 68.4 Å². The molecule has 174 valence electrons. The summed E-state index contributed by atoms with van der Waals surface area (Å²) in [6.07, 6.45) is 0. The van der Waals surface area contributed by atoms with E-state index in [0.29, 0.717) is 39.0 Å². The van der Waals surface area contributed by atoms with Gasteiger partial charge in [-0.25, -0.2) is 0 Å². The number of hydrogen-bond acceptors (Lipinski definition) is 5. The van der Waals surface area contributed by atoms with E-state index in [2.05, 4.69) is 0 Å². The van der Waals surface area contributed by atoms with Gasteiger partial charge in [-0.05, 0) is 79.6 Å². The monoisotopic (exact) mass is 497 g/mol. The molecule has 4 rings (SSSR count). The molecule has 1 saturated heterocycles. The van der Waals surface area contributed by atoms with E-state index in [0.717, 1.165) is 0 Å². The van der Waals surface area contributed by atoms with Crippen molar-refractivity contribution in [2.75, 3.05) is 11.5 Å². The number of ketones is 1. The average molecular weight is 498 g/mol. The number of ether oxygens (including phenoxy) is 1. The molecule has 1 aliphatic heterocycles. The summed E-state index contributed by atoms with van der Waals surface area (Å²) in [6.45, 7) is 3.85. The number of nitrogens with zero attached hydrogens (tertiary/aromatic N) is 1. The van der Waals surface area contributed by atoms with Crippen molar-refractivity contribution in [3.05, 3.63) is 93.0 Å². The number of benzene rings is 3. The zero-order chi connectivity index (χ0) is 24.6. The molecule has 0 radical (unpaired) electrons. The highest BCUT2D eigenvalue weighted by Crippen LogP contribution is 2.45. The first-order chi connectivity index (χ1) is 16.2. The molecule has 1 aliphatic rings. The molecule has 2 N–H and O–H groups in total. The van der Waals surface area contributed by atoms with Gasteiger partial charge in [0.2, 0.25) is 0 Å². The molecule has 1 unspecified atom stereocenters. The molecule has 0 aromatic heterocycles. The molecule has 34 heavy (non-hydrogen) atoms. The van der Waals surface area contributed by atoms with Crippen LogP contribution in [0.2, 0.25) is 10.0 Å². The van der Waals surface area contributed by atoms with E-state index in [1.807, 2.05) is 0 Å². The van der Waals surface area contributed by atoms with Gasteiger partial charge in [0.15, 0.2) is 11.5 Å². The molecule has 1 amide bonds. The zero-order valence-electron chi connectivity index (χ0n) is 18.4. The topological polar surface area (TPSA) is 87.1 Å². The van der Waals surface area contributed by atoms with Gasteiger partial charge in [-0.1, -0.05) is 29.3 Å². The van der Waals surface area contributed by atoms with Crippen LogP contribution in [0.4, 0.5) is 5.69 Å². The van der Waals surface area contributed by atoms with Crippen molar-refractivity contribution < 1.29 is 24.5 Å². The lowest BCUT2D eigenvalue weighted by Crippen LogP contribution is -2.30. The van der Waals surface area contributed by atoms with Crippen LogP contribution in [0.15, 0.2) is 66.2 Å². The van der Waals surface area contributed by atoms with Gasteiger partial charge >= 0.3 is 0 Å². The number of anilines is 1. The normalized spacial score (nSPS) is 17.3. The highest BCUT2D eigenvalue weighted by Gasteiger charge is 2.47. The first kappa shape index (κ1) is 23.7. The third kappa shape index (κ3) is 4.22. The summed E-state index contributed by atoms with van der Waals surface area (Å²) in [7, 11) is 0. The predicted octanol–water partition coefficient (Wildman–Crippen LogP) is 6.03. The van der Waals surface area contributed by atoms with Gasteiger partial charge in [0.05, 0.1) is 18.2 Å². The minimum atomic E-state index is -0.977. The van der Waals surface area contributed by atoms with Crippen LogP contribution >= 0.6 is 23.2 Å². The third-order valence-electron chi connectivity index (χ3n) is 5.58. The number of phenolic OH excluding ortho intramolecular Hbond substituents is 1. The fourth-order valence-electron chi connectivity index (χ4n) is 4.02. The van der Waals surface area contributed by atoms with Crippen LogP contribution in [-0.2, 0) is 9.59 Å². The van der Waals surface area contributed by atoms with E-state index in [-0.39, 0.29) is 22.8 Å². The van der Waals surface area contributed by atoms with Crippen LogP contribution in [-0.4, -0.2) is 28.5 Å². The van der Waals surface area contributed by atoms with Gasteiger partial charge in [0.25, 0.3) is 11.7 Å². The molecular weight excluding hydrogens is 477 g/mol. The largest absolute Gasteiger partial charge is 0.507 e. The number of amides is 1. The number of carbonyl (C=O) groups excluding carboxylic acids is 2. The lowest BCUT2D eigenvalue weighted by molar-refractivity contribution is -0.132. The number of rotatable bonds is 5. The van der Waals surface area contributed by atoms with Crippen molar-refractivity contribution in [1.29, 1.82) is 0 Å². The molecule has 0 saturated carbocycles. The summed E-state index contributed by atoms with van der Waals surface area (Å²) >= 11 is 12.1. The second-order valence-corrected chi connectivity index (χ2v) is 8.64. The number of hydrogen-bond donors (Lipinski definition) is 2. The van der Waals surface area contributed by atoms with Crippen molar-refractivity contribution >= 4 is 46.3 Å². The second-order valence-electron chi connectivity index (χ2n) is 7.77. The van der Waals surface area contributed by atoms with Crippen molar-refractivity contribution in [2.45, 2.75) is 19.9 Å². The number of aliphatic hydroxyl groups excluding tert-OH is 1. The van der Waals surface area contributed by atoms with E-state index in [9.17, 15) is 19.8 Å². The van der Waals surface area contributed by atoms with Gasteiger partial charge in [-0.3, -0.25) is 14.5 Å². The number of phenols is 1.